The van der Waals surface area contributed by atoms with Crippen molar-refractivity contribution in [2.75, 3.05) is 16.9 Å². The highest BCUT2D eigenvalue weighted by Crippen LogP contribution is 2.25. The average molecular weight is 437 g/mol. The highest BCUT2D eigenvalue weighted by atomic mass is 32.2. The summed E-state index contributed by atoms with van der Waals surface area (Å²) in [6.07, 6.45) is 4.79. The van der Waals surface area contributed by atoms with Gasteiger partial charge in [0, 0.05) is 43.1 Å². The van der Waals surface area contributed by atoms with E-state index in [0.29, 0.717) is 36.0 Å². The Labute approximate surface area is 181 Å². The number of hydrogen-bond donors (Lipinski definition) is 2. The molecule has 3 aromatic rings. The van der Waals surface area contributed by atoms with E-state index in [1.54, 1.807) is 24.4 Å². The molecule has 0 spiro atoms. The Hall–Kier alpha value is -3.26. The summed E-state index contributed by atoms with van der Waals surface area (Å²) < 4.78 is 23.5. The molecular weight excluding hydrogens is 412 g/mol. The minimum atomic E-state index is -3.25. The zero-order valence-corrected chi connectivity index (χ0v) is 18.3. The number of carbonyl (C=O) groups is 1. The maximum atomic E-state index is 11.8. The molecule has 0 fully saturated rings. The fourth-order valence-corrected chi connectivity index (χ4v) is 4.26. The van der Waals surface area contributed by atoms with Gasteiger partial charge < -0.3 is 10.6 Å². The Morgan fingerprint density at radius 2 is 1.90 bits per heavy atom. The third kappa shape index (κ3) is 5.08. The summed E-state index contributed by atoms with van der Waals surface area (Å²) in [5, 5.41) is 6.50. The van der Waals surface area contributed by atoms with Crippen LogP contribution in [-0.2, 0) is 34.0 Å². The molecule has 8 heteroatoms. The van der Waals surface area contributed by atoms with Crippen molar-refractivity contribution >= 4 is 33.1 Å². The van der Waals surface area contributed by atoms with E-state index < -0.39 is 9.84 Å². The van der Waals surface area contributed by atoms with Crippen LogP contribution in [0.5, 0.6) is 0 Å². The van der Waals surface area contributed by atoms with E-state index in [0.717, 1.165) is 28.8 Å². The monoisotopic (exact) mass is 436 g/mol. The van der Waals surface area contributed by atoms with Gasteiger partial charge in [0.25, 0.3) is 0 Å². The summed E-state index contributed by atoms with van der Waals surface area (Å²) in [6.45, 7) is 2.35. The van der Waals surface area contributed by atoms with Crippen molar-refractivity contribution in [1.29, 1.82) is 0 Å². The van der Waals surface area contributed by atoms with Crippen LogP contribution in [0.4, 0.5) is 17.5 Å². The van der Waals surface area contributed by atoms with Crippen LogP contribution in [0.1, 0.15) is 28.7 Å². The van der Waals surface area contributed by atoms with Gasteiger partial charge in [-0.3, -0.25) is 4.79 Å². The molecule has 0 radical (unpaired) electrons. The quantitative estimate of drug-likeness (QED) is 0.609. The molecular formula is C23H24N4O3S. The Bertz CT molecular complexity index is 1260. The summed E-state index contributed by atoms with van der Waals surface area (Å²) in [6, 6.07) is 12.8. The lowest BCUT2D eigenvalue weighted by Crippen LogP contribution is -2.13. The Balaban J connectivity index is 1.48. The van der Waals surface area contributed by atoms with E-state index in [-0.39, 0.29) is 5.78 Å². The maximum Gasteiger partial charge on any atom is 0.229 e. The molecule has 1 aliphatic carbocycles. The van der Waals surface area contributed by atoms with Crippen LogP contribution in [0.2, 0.25) is 0 Å². The van der Waals surface area contributed by atoms with Crippen LogP contribution in [-0.4, -0.2) is 30.4 Å². The SMILES string of the molecule is Cc1cnc(Nc2ccc3c(c2)CCC(=O)C3)nc1NCc1cccc(S(C)(=O)=O)c1. The molecule has 0 saturated carbocycles. The number of benzene rings is 2. The van der Waals surface area contributed by atoms with Crippen molar-refractivity contribution in [2.24, 2.45) is 0 Å². The van der Waals surface area contributed by atoms with Crippen molar-refractivity contribution in [2.45, 2.75) is 37.6 Å². The Morgan fingerprint density at radius 1 is 1.06 bits per heavy atom. The minimum Gasteiger partial charge on any atom is -0.366 e. The van der Waals surface area contributed by atoms with Gasteiger partial charge >= 0.3 is 0 Å². The van der Waals surface area contributed by atoms with E-state index >= 15 is 0 Å². The number of ketones is 1. The van der Waals surface area contributed by atoms with Crippen LogP contribution >= 0.6 is 0 Å². The van der Waals surface area contributed by atoms with Gasteiger partial charge in [-0.1, -0.05) is 18.2 Å². The minimum absolute atomic E-state index is 0.285. The van der Waals surface area contributed by atoms with E-state index in [2.05, 4.69) is 26.7 Å². The largest absolute Gasteiger partial charge is 0.366 e. The molecule has 2 aromatic carbocycles. The summed E-state index contributed by atoms with van der Waals surface area (Å²) in [5.41, 5.74) is 4.88. The van der Waals surface area contributed by atoms with Gasteiger partial charge in [-0.25, -0.2) is 13.4 Å². The Kier molecular flexibility index (Phi) is 5.73. The number of carbonyl (C=O) groups excluding carboxylic acids is 1. The number of nitrogens with zero attached hydrogens (tertiary/aromatic N) is 2. The molecule has 0 amide bonds. The molecule has 1 aliphatic rings. The van der Waals surface area contributed by atoms with Gasteiger partial charge in [0.15, 0.2) is 9.84 Å². The molecule has 0 saturated heterocycles. The van der Waals surface area contributed by atoms with Crippen LogP contribution < -0.4 is 10.6 Å². The van der Waals surface area contributed by atoms with Crippen LogP contribution in [0, 0.1) is 6.92 Å². The topological polar surface area (TPSA) is 101 Å². The van der Waals surface area contributed by atoms with E-state index in [9.17, 15) is 13.2 Å². The van der Waals surface area contributed by atoms with Crippen molar-refractivity contribution in [1.82, 2.24) is 9.97 Å². The van der Waals surface area contributed by atoms with Crippen LogP contribution in [0.25, 0.3) is 0 Å². The van der Waals surface area contributed by atoms with Gasteiger partial charge in [-0.05, 0) is 54.3 Å². The van der Waals surface area contributed by atoms with Gasteiger partial charge in [-0.15, -0.1) is 0 Å². The van der Waals surface area contributed by atoms with Crippen LogP contribution in [0.15, 0.2) is 53.6 Å². The fraction of sp³-hybridized carbons (Fsp3) is 0.261. The summed E-state index contributed by atoms with van der Waals surface area (Å²) in [4.78, 5) is 20.9. The summed E-state index contributed by atoms with van der Waals surface area (Å²) in [7, 11) is -3.25. The molecule has 2 N–H and O–H groups in total. The molecule has 0 aliphatic heterocycles. The summed E-state index contributed by atoms with van der Waals surface area (Å²) in [5.74, 6) is 1.42. The first-order valence-electron chi connectivity index (χ1n) is 10.0. The predicted octanol–water partition coefficient (Wildman–Crippen LogP) is 3.60. The zero-order chi connectivity index (χ0) is 22.0. The van der Waals surface area contributed by atoms with E-state index in [1.807, 2.05) is 25.1 Å². The fourth-order valence-electron chi connectivity index (χ4n) is 3.57. The lowest BCUT2D eigenvalue weighted by molar-refractivity contribution is -0.118. The molecule has 1 heterocycles. The first kappa shape index (κ1) is 21.0. The molecule has 0 bridgehead atoms. The number of aryl methyl sites for hydroxylation is 2. The molecule has 0 unspecified atom stereocenters. The highest BCUT2D eigenvalue weighted by molar-refractivity contribution is 7.90. The first-order valence-corrected chi connectivity index (χ1v) is 11.9. The van der Waals surface area contributed by atoms with Gasteiger partial charge in [0.05, 0.1) is 4.90 Å². The number of fused-ring (bicyclic) bond motifs is 1. The van der Waals surface area contributed by atoms with Crippen molar-refractivity contribution in [3.8, 4) is 0 Å². The third-order valence-electron chi connectivity index (χ3n) is 5.28. The predicted molar refractivity (Wildman–Crippen MR) is 120 cm³/mol. The normalized spacial score (nSPS) is 13.5. The number of anilines is 3. The third-order valence-corrected chi connectivity index (χ3v) is 6.39. The smallest absolute Gasteiger partial charge is 0.229 e. The number of Topliss-reactive ketones (excluding diaryl/α,β-unsaturated/α-hetero) is 1. The van der Waals surface area contributed by atoms with Crippen LogP contribution in [0.3, 0.4) is 0 Å². The molecule has 7 nitrogen and oxygen atoms in total. The molecule has 1 aromatic heterocycles. The molecule has 0 atom stereocenters. The molecule has 31 heavy (non-hydrogen) atoms. The maximum absolute atomic E-state index is 11.8. The number of hydrogen-bond acceptors (Lipinski definition) is 7. The second-order valence-corrected chi connectivity index (χ2v) is 9.84. The molecule has 4 rings (SSSR count). The van der Waals surface area contributed by atoms with Gasteiger partial charge in [-0.2, -0.15) is 4.98 Å². The number of sulfone groups is 1. The van der Waals surface area contributed by atoms with E-state index in [4.69, 9.17) is 0 Å². The Morgan fingerprint density at radius 3 is 2.71 bits per heavy atom. The highest BCUT2D eigenvalue weighted by Gasteiger charge is 2.16. The number of nitrogens with one attached hydrogen (secondary N) is 2. The van der Waals surface area contributed by atoms with Crippen molar-refractivity contribution < 1.29 is 13.2 Å². The second-order valence-electron chi connectivity index (χ2n) is 7.82. The van der Waals surface area contributed by atoms with Crippen molar-refractivity contribution in [3.63, 3.8) is 0 Å². The average Bonchev–Trinajstić information content (AvgIpc) is 2.74. The molecule has 160 valence electrons. The summed E-state index contributed by atoms with van der Waals surface area (Å²) >= 11 is 0. The van der Waals surface area contributed by atoms with E-state index in [1.165, 1.54) is 11.8 Å². The first-order chi connectivity index (χ1) is 14.8. The van der Waals surface area contributed by atoms with Crippen molar-refractivity contribution in [3.05, 3.63) is 70.9 Å². The number of aromatic nitrogens is 2. The standard InChI is InChI=1S/C23H24N4O3S/c1-15-13-25-23(26-19-8-6-18-12-20(28)9-7-17(18)11-19)27-22(15)24-14-16-4-3-5-21(10-16)31(2,29)30/h3-6,8,10-11,13H,7,9,12,14H2,1-2H3,(H2,24,25,26,27). The zero-order valence-electron chi connectivity index (χ0n) is 17.5. The number of rotatable bonds is 6. The van der Waals surface area contributed by atoms with Gasteiger partial charge in [0.2, 0.25) is 5.95 Å². The second kappa shape index (κ2) is 8.47. The lowest BCUT2D eigenvalue weighted by atomic mass is 9.90. The lowest BCUT2D eigenvalue weighted by Gasteiger charge is -2.16. The van der Waals surface area contributed by atoms with Gasteiger partial charge in [0.1, 0.15) is 11.6 Å².